The summed E-state index contributed by atoms with van der Waals surface area (Å²) in [4.78, 5) is 0. The van der Waals surface area contributed by atoms with Crippen molar-refractivity contribution in [2.75, 3.05) is 0 Å². The van der Waals surface area contributed by atoms with E-state index in [1.54, 1.807) is 11.9 Å². The van der Waals surface area contributed by atoms with Gasteiger partial charge in [0.05, 0.1) is 5.52 Å². The summed E-state index contributed by atoms with van der Waals surface area (Å²) in [5, 5.41) is 1.36. The largest absolute Gasteiger partial charge is 0.346 e. The first kappa shape index (κ1) is 18.9. The molecule has 1 N–H and O–H groups in total. The first-order valence-electron chi connectivity index (χ1n) is 8.16. The van der Waals surface area contributed by atoms with E-state index in [-0.39, 0.29) is 10.2 Å². The molecule has 23 heavy (non-hydrogen) atoms. The molecule has 128 valence electrons. The normalized spacial score (nSPS) is 13.0. The van der Waals surface area contributed by atoms with Gasteiger partial charge >= 0.3 is 0 Å². The molecule has 0 fully saturated rings. The van der Waals surface area contributed by atoms with Crippen LogP contribution in [0.5, 0.6) is 0 Å². The zero-order chi connectivity index (χ0) is 17.4. The lowest BCUT2D eigenvalue weighted by Crippen LogP contribution is -2.16. The highest BCUT2D eigenvalue weighted by Gasteiger charge is 2.18. The van der Waals surface area contributed by atoms with E-state index in [2.05, 4.69) is 92.0 Å². The number of aromatic nitrogens is 1. The van der Waals surface area contributed by atoms with Crippen LogP contribution in [0, 0.1) is 12.3 Å². The number of nitrogens with zero attached hydrogens (tertiary/aromatic N) is 1. The second-order valence-electron chi connectivity index (χ2n) is 8.45. The molecular weight excluding hydrogens is 368 g/mol. The highest BCUT2D eigenvalue weighted by atomic mass is 79.9. The van der Waals surface area contributed by atoms with Crippen LogP contribution in [-0.4, -0.2) is 9.31 Å². The van der Waals surface area contributed by atoms with Gasteiger partial charge in [-0.2, -0.15) is 0 Å². The summed E-state index contributed by atoms with van der Waals surface area (Å²) in [6, 6.07) is 4.41. The maximum absolute atomic E-state index is 3.69. The van der Waals surface area contributed by atoms with Gasteiger partial charge in [-0.05, 0) is 50.3 Å². The third-order valence-electron chi connectivity index (χ3n) is 3.60. The smallest absolute Gasteiger partial charge is 0.0524 e. The standard InChI is InChI=1S/C19H29BrN2S/c1-13-16(20)9-8-15-14(10-21-23-19(5,6)7)11-22(17(13)15)12-18(2,3)4/h8-9,11,21H,10,12H2,1-7H3. The Labute approximate surface area is 153 Å². The molecule has 0 aliphatic rings. The number of nitrogens with one attached hydrogen (secondary N) is 1. The van der Waals surface area contributed by atoms with E-state index in [9.17, 15) is 0 Å². The molecule has 0 aliphatic heterocycles. The van der Waals surface area contributed by atoms with Gasteiger partial charge in [-0.3, -0.25) is 4.72 Å². The van der Waals surface area contributed by atoms with Gasteiger partial charge in [0.15, 0.2) is 0 Å². The Bertz CT molecular complexity index is 690. The lowest BCUT2D eigenvalue weighted by Gasteiger charge is -2.20. The molecule has 0 saturated heterocycles. The second-order valence-corrected chi connectivity index (χ2v) is 11.0. The van der Waals surface area contributed by atoms with Crippen molar-refractivity contribution in [1.29, 1.82) is 0 Å². The summed E-state index contributed by atoms with van der Waals surface area (Å²) in [5.41, 5.74) is 4.30. The van der Waals surface area contributed by atoms with E-state index < -0.39 is 0 Å². The minimum atomic E-state index is 0.225. The molecule has 2 nitrogen and oxygen atoms in total. The highest BCUT2D eigenvalue weighted by molar-refractivity contribution is 9.10. The number of halogens is 1. The van der Waals surface area contributed by atoms with Crippen molar-refractivity contribution in [2.24, 2.45) is 5.41 Å². The van der Waals surface area contributed by atoms with Crippen molar-refractivity contribution in [3.63, 3.8) is 0 Å². The van der Waals surface area contributed by atoms with Gasteiger partial charge in [0.1, 0.15) is 0 Å². The Kier molecular flexibility index (Phi) is 5.59. The van der Waals surface area contributed by atoms with Crippen molar-refractivity contribution in [3.8, 4) is 0 Å². The van der Waals surface area contributed by atoms with Crippen LogP contribution in [0.1, 0.15) is 52.7 Å². The molecule has 0 bridgehead atoms. The van der Waals surface area contributed by atoms with Crippen LogP contribution >= 0.6 is 27.9 Å². The van der Waals surface area contributed by atoms with E-state index in [1.165, 1.54) is 26.5 Å². The minimum absolute atomic E-state index is 0.225. The Balaban J connectivity index is 2.40. The number of hydrogen-bond donors (Lipinski definition) is 1. The molecule has 0 unspecified atom stereocenters. The average Bonchev–Trinajstić information content (AvgIpc) is 2.69. The third kappa shape index (κ3) is 5.01. The maximum atomic E-state index is 3.69. The van der Waals surface area contributed by atoms with Crippen LogP contribution in [-0.2, 0) is 13.1 Å². The lowest BCUT2D eigenvalue weighted by atomic mass is 9.97. The van der Waals surface area contributed by atoms with E-state index >= 15 is 0 Å². The Morgan fingerprint density at radius 2 is 1.78 bits per heavy atom. The molecule has 0 atom stereocenters. The molecule has 1 aromatic heterocycles. The fraction of sp³-hybridized carbons (Fsp3) is 0.579. The topological polar surface area (TPSA) is 17.0 Å². The van der Waals surface area contributed by atoms with Crippen molar-refractivity contribution < 1.29 is 0 Å². The number of rotatable bonds is 4. The van der Waals surface area contributed by atoms with E-state index in [1.807, 2.05) is 0 Å². The summed E-state index contributed by atoms with van der Waals surface area (Å²) >= 11 is 5.48. The Morgan fingerprint density at radius 1 is 1.13 bits per heavy atom. The average molecular weight is 397 g/mol. The minimum Gasteiger partial charge on any atom is -0.346 e. The van der Waals surface area contributed by atoms with Crippen molar-refractivity contribution in [3.05, 3.63) is 33.9 Å². The van der Waals surface area contributed by atoms with Gasteiger partial charge in [-0.15, -0.1) is 0 Å². The molecule has 0 spiro atoms. The predicted octanol–water partition coefficient (Wildman–Crippen LogP) is 6.29. The molecule has 0 aliphatic carbocycles. The van der Waals surface area contributed by atoms with Crippen LogP contribution in [0.3, 0.4) is 0 Å². The van der Waals surface area contributed by atoms with Gasteiger partial charge in [0, 0.05) is 33.9 Å². The van der Waals surface area contributed by atoms with Crippen molar-refractivity contribution in [2.45, 2.75) is 66.3 Å². The monoisotopic (exact) mass is 396 g/mol. The van der Waals surface area contributed by atoms with Crippen LogP contribution in [0.15, 0.2) is 22.8 Å². The SMILES string of the molecule is Cc1c(Br)ccc2c(CNSC(C)(C)C)cn(CC(C)(C)C)c12. The number of aryl methyl sites for hydroxylation is 1. The summed E-state index contributed by atoms with van der Waals surface area (Å²) < 4.78 is 7.37. The summed E-state index contributed by atoms with van der Waals surface area (Å²) in [6.45, 7) is 17.7. The van der Waals surface area contributed by atoms with Gasteiger partial charge < -0.3 is 4.57 Å². The second kappa shape index (κ2) is 6.81. The van der Waals surface area contributed by atoms with Crippen LogP contribution in [0.25, 0.3) is 10.9 Å². The zero-order valence-electron chi connectivity index (χ0n) is 15.4. The van der Waals surface area contributed by atoms with Gasteiger partial charge in [0.25, 0.3) is 0 Å². The van der Waals surface area contributed by atoms with Gasteiger partial charge in [-0.25, -0.2) is 0 Å². The maximum Gasteiger partial charge on any atom is 0.0524 e. The van der Waals surface area contributed by atoms with Gasteiger partial charge in [-0.1, -0.05) is 54.7 Å². The van der Waals surface area contributed by atoms with Gasteiger partial charge in [0.2, 0.25) is 0 Å². The Hall–Kier alpha value is -0.450. The fourth-order valence-corrected chi connectivity index (χ4v) is 3.71. The molecule has 4 heteroatoms. The fourth-order valence-electron chi connectivity index (χ4n) is 2.73. The number of fused-ring (bicyclic) bond motifs is 1. The lowest BCUT2D eigenvalue weighted by molar-refractivity contribution is 0.349. The molecule has 1 heterocycles. The van der Waals surface area contributed by atoms with Crippen LogP contribution < -0.4 is 4.72 Å². The number of benzene rings is 1. The van der Waals surface area contributed by atoms with E-state index in [0.717, 1.165) is 13.1 Å². The van der Waals surface area contributed by atoms with Crippen LogP contribution in [0.4, 0.5) is 0 Å². The van der Waals surface area contributed by atoms with Crippen molar-refractivity contribution >= 4 is 38.8 Å². The summed E-state index contributed by atoms with van der Waals surface area (Å²) in [7, 11) is 0. The quantitative estimate of drug-likeness (QED) is 0.610. The molecule has 0 saturated carbocycles. The highest BCUT2D eigenvalue weighted by Crippen LogP contribution is 2.32. The van der Waals surface area contributed by atoms with Crippen molar-refractivity contribution in [1.82, 2.24) is 9.29 Å². The molecular formula is C19H29BrN2S. The van der Waals surface area contributed by atoms with E-state index in [0.29, 0.717) is 0 Å². The third-order valence-corrected chi connectivity index (χ3v) is 5.36. The number of hydrogen-bond acceptors (Lipinski definition) is 2. The predicted molar refractivity (Wildman–Crippen MR) is 108 cm³/mol. The van der Waals surface area contributed by atoms with E-state index in [4.69, 9.17) is 0 Å². The summed E-state index contributed by atoms with van der Waals surface area (Å²) in [6.07, 6.45) is 2.32. The Morgan fingerprint density at radius 3 is 2.35 bits per heavy atom. The summed E-state index contributed by atoms with van der Waals surface area (Å²) in [5.74, 6) is 0. The molecule has 2 aromatic rings. The first-order valence-corrected chi connectivity index (χ1v) is 9.76. The molecule has 0 radical (unpaired) electrons. The zero-order valence-corrected chi connectivity index (χ0v) is 17.8. The van der Waals surface area contributed by atoms with Crippen LogP contribution in [0.2, 0.25) is 0 Å². The molecule has 1 aromatic carbocycles. The molecule has 2 rings (SSSR count). The first-order chi connectivity index (χ1) is 10.5. The molecule has 0 amide bonds.